The van der Waals surface area contributed by atoms with Gasteiger partial charge in [0.1, 0.15) is 0 Å². The van der Waals surface area contributed by atoms with Crippen molar-refractivity contribution in [3.8, 4) is 0 Å². The Hall–Kier alpha value is -0.630. The minimum absolute atomic E-state index is 0.0974. The third kappa shape index (κ3) is 12.7. The summed E-state index contributed by atoms with van der Waals surface area (Å²) < 4.78 is 0.805. The van der Waals surface area contributed by atoms with Gasteiger partial charge >= 0.3 is 0 Å². The maximum Gasteiger partial charge on any atom is 0.212 e. The zero-order valence-electron chi connectivity index (χ0n) is 18.5. The monoisotopic (exact) mass is 366 g/mol. The molecule has 154 valence electrons. The van der Waals surface area contributed by atoms with Crippen molar-refractivity contribution < 1.29 is 9.28 Å². The summed E-state index contributed by atoms with van der Waals surface area (Å²) in [7, 11) is 4.38. The van der Waals surface area contributed by atoms with Crippen LogP contribution in [0.15, 0.2) is 12.7 Å². The molecule has 1 atom stereocenters. The number of ketones is 1. The van der Waals surface area contributed by atoms with E-state index < -0.39 is 0 Å². The van der Waals surface area contributed by atoms with E-state index in [4.69, 9.17) is 0 Å². The molecule has 0 amide bonds. The van der Waals surface area contributed by atoms with Crippen LogP contribution in [0.5, 0.6) is 0 Å². The van der Waals surface area contributed by atoms with E-state index in [1.54, 1.807) is 0 Å². The molecule has 0 saturated heterocycles. The fraction of sp³-hybridized carbons (Fsp3) is 0.875. The average molecular weight is 367 g/mol. The number of rotatable bonds is 19. The molecule has 0 heterocycles. The standard InChI is InChI=1S/C24H48NO/c1-6-9-10-11-12-13-14-15-16-17-18-19-20-21-23(24(26)8-3)25(4,5)22-7-2/h8,23H,3,6-7,9-22H2,1-2,4-5H3/q+1. The van der Waals surface area contributed by atoms with Gasteiger partial charge in [0.25, 0.3) is 0 Å². The predicted molar refractivity (Wildman–Crippen MR) is 117 cm³/mol. The smallest absolute Gasteiger partial charge is 0.212 e. The van der Waals surface area contributed by atoms with Gasteiger partial charge in [0.2, 0.25) is 5.78 Å². The zero-order valence-corrected chi connectivity index (χ0v) is 18.5. The minimum Gasteiger partial charge on any atom is -0.320 e. The summed E-state index contributed by atoms with van der Waals surface area (Å²) >= 11 is 0. The van der Waals surface area contributed by atoms with Crippen LogP contribution in [0.2, 0.25) is 0 Å². The maximum absolute atomic E-state index is 12.2. The summed E-state index contributed by atoms with van der Waals surface area (Å²) in [6, 6.07) is 0.0974. The molecule has 0 aromatic carbocycles. The normalized spacial score (nSPS) is 12.9. The maximum atomic E-state index is 12.2. The molecule has 0 fully saturated rings. The van der Waals surface area contributed by atoms with E-state index in [1.807, 2.05) is 0 Å². The summed E-state index contributed by atoms with van der Waals surface area (Å²) in [5.74, 6) is 0.224. The van der Waals surface area contributed by atoms with Gasteiger partial charge < -0.3 is 4.48 Å². The van der Waals surface area contributed by atoms with E-state index in [9.17, 15) is 4.79 Å². The van der Waals surface area contributed by atoms with E-state index in [-0.39, 0.29) is 11.8 Å². The summed E-state index contributed by atoms with van der Waals surface area (Å²) in [6.07, 6.45) is 21.5. The van der Waals surface area contributed by atoms with E-state index in [0.29, 0.717) is 0 Å². The Morgan fingerprint density at radius 3 is 1.58 bits per heavy atom. The number of hydrogen-bond donors (Lipinski definition) is 0. The lowest BCUT2D eigenvalue weighted by Gasteiger charge is -2.36. The first-order valence-electron chi connectivity index (χ1n) is 11.5. The van der Waals surface area contributed by atoms with Gasteiger partial charge in [-0.15, -0.1) is 0 Å². The van der Waals surface area contributed by atoms with Gasteiger partial charge in [-0.2, -0.15) is 0 Å². The minimum atomic E-state index is 0.0974. The molecule has 0 aromatic heterocycles. The second-order valence-corrected chi connectivity index (χ2v) is 8.66. The quantitative estimate of drug-likeness (QED) is 0.136. The van der Waals surface area contributed by atoms with E-state index in [0.717, 1.165) is 23.9 Å². The second-order valence-electron chi connectivity index (χ2n) is 8.66. The van der Waals surface area contributed by atoms with E-state index in [2.05, 4.69) is 34.5 Å². The lowest BCUT2D eigenvalue weighted by Crippen LogP contribution is -2.52. The van der Waals surface area contributed by atoms with Crippen molar-refractivity contribution in [1.29, 1.82) is 0 Å². The first-order chi connectivity index (χ1) is 12.5. The van der Waals surface area contributed by atoms with E-state index in [1.165, 1.54) is 89.5 Å². The van der Waals surface area contributed by atoms with Crippen molar-refractivity contribution in [2.75, 3.05) is 20.6 Å². The van der Waals surface area contributed by atoms with Crippen molar-refractivity contribution in [3.05, 3.63) is 12.7 Å². The third-order valence-electron chi connectivity index (χ3n) is 5.75. The Kier molecular flexibility index (Phi) is 16.1. The molecule has 2 nitrogen and oxygen atoms in total. The Balaban J connectivity index is 3.70. The number of unbranched alkanes of at least 4 members (excludes halogenated alkanes) is 12. The van der Waals surface area contributed by atoms with Crippen LogP contribution in [0.4, 0.5) is 0 Å². The lowest BCUT2D eigenvalue weighted by molar-refractivity contribution is -0.906. The topological polar surface area (TPSA) is 17.1 Å². The van der Waals surface area contributed by atoms with Crippen molar-refractivity contribution >= 4 is 5.78 Å². The highest BCUT2D eigenvalue weighted by Gasteiger charge is 2.31. The molecule has 0 spiro atoms. The van der Waals surface area contributed by atoms with Crippen LogP contribution in [0, 0.1) is 0 Å². The fourth-order valence-corrected chi connectivity index (χ4v) is 4.06. The molecular weight excluding hydrogens is 318 g/mol. The molecule has 0 rings (SSSR count). The number of hydrogen-bond acceptors (Lipinski definition) is 1. The Labute approximate surface area is 165 Å². The Bertz CT molecular complexity index is 348. The number of carbonyl (C=O) groups is 1. The fourth-order valence-electron chi connectivity index (χ4n) is 4.06. The van der Waals surface area contributed by atoms with Crippen molar-refractivity contribution in [2.24, 2.45) is 0 Å². The van der Waals surface area contributed by atoms with Gasteiger partial charge in [-0.1, -0.05) is 97.5 Å². The molecule has 0 aliphatic heterocycles. The molecule has 0 N–H and O–H groups in total. The largest absolute Gasteiger partial charge is 0.320 e. The highest BCUT2D eigenvalue weighted by atomic mass is 16.1. The van der Waals surface area contributed by atoms with Gasteiger partial charge in [-0.25, -0.2) is 0 Å². The lowest BCUT2D eigenvalue weighted by atomic mass is 9.99. The van der Waals surface area contributed by atoms with Gasteiger partial charge in [0.05, 0.1) is 20.6 Å². The number of carbonyl (C=O) groups excluding carboxylic acids is 1. The van der Waals surface area contributed by atoms with Crippen LogP contribution in [-0.2, 0) is 4.79 Å². The molecule has 0 bridgehead atoms. The molecule has 26 heavy (non-hydrogen) atoms. The van der Waals surface area contributed by atoms with Gasteiger partial charge in [0, 0.05) is 6.42 Å². The second kappa shape index (κ2) is 16.5. The summed E-state index contributed by atoms with van der Waals surface area (Å²) in [4.78, 5) is 12.2. The first-order valence-corrected chi connectivity index (χ1v) is 11.5. The molecule has 0 saturated carbocycles. The van der Waals surface area contributed by atoms with Crippen LogP contribution in [0.25, 0.3) is 0 Å². The van der Waals surface area contributed by atoms with Crippen molar-refractivity contribution in [3.63, 3.8) is 0 Å². The average Bonchev–Trinajstić information content (AvgIpc) is 2.61. The Morgan fingerprint density at radius 1 is 0.769 bits per heavy atom. The van der Waals surface area contributed by atoms with Crippen LogP contribution in [0.3, 0.4) is 0 Å². The SMILES string of the molecule is C=CC(=O)C(CCCCCCCCCCCCCCC)[N+](C)(C)CCC. The molecule has 2 heteroatoms. The summed E-state index contributed by atoms with van der Waals surface area (Å²) in [5.41, 5.74) is 0. The first kappa shape index (κ1) is 25.4. The Morgan fingerprint density at radius 2 is 1.19 bits per heavy atom. The molecule has 0 aliphatic carbocycles. The van der Waals surface area contributed by atoms with Crippen LogP contribution in [-0.4, -0.2) is 36.9 Å². The van der Waals surface area contributed by atoms with Gasteiger partial charge in [-0.3, -0.25) is 4.79 Å². The van der Waals surface area contributed by atoms with Crippen LogP contribution in [0.1, 0.15) is 110 Å². The molecule has 0 radical (unpaired) electrons. The zero-order chi connectivity index (χ0) is 19.7. The van der Waals surface area contributed by atoms with Gasteiger partial charge in [-0.05, 0) is 18.9 Å². The molecule has 1 unspecified atom stereocenters. The number of nitrogens with zero attached hydrogens (tertiary/aromatic N) is 1. The molecule has 0 aliphatic rings. The van der Waals surface area contributed by atoms with Crippen molar-refractivity contribution in [2.45, 2.75) is 116 Å². The summed E-state index contributed by atoms with van der Waals surface area (Å²) in [6.45, 7) is 9.24. The van der Waals surface area contributed by atoms with Crippen molar-refractivity contribution in [1.82, 2.24) is 0 Å². The molecular formula is C24H48NO+. The van der Waals surface area contributed by atoms with E-state index >= 15 is 0 Å². The highest BCUT2D eigenvalue weighted by molar-refractivity contribution is 5.92. The third-order valence-corrected chi connectivity index (χ3v) is 5.75. The predicted octanol–water partition coefficient (Wildman–Crippen LogP) is 7.08. The number of quaternary nitrogens is 1. The summed E-state index contributed by atoms with van der Waals surface area (Å²) in [5, 5.41) is 0. The van der Waals surface area contributed by atoms with Gasteiger partial charge in [0.15, 0.2) is 6.04 Å². The van der Waals surface area contributed by atoms with Crippen LogP contribution >= 0.6 is 0 Å². The number of likely N-dealkylation sites (N-methyl/N-ethyl adjacent to an activating group) is 1. The van der Waals surface area contributed by atoms with Crippen LogP contribution < -0.4 is 0 Å². The molecule has 0 aromatic rings. The highest BCUT2D eigenvalue weighted by Crippen LogP contribution is 2.18.